The number of anilines is 1. The number of amides is 2. The molecule has 2 amide bonds. The number of rotatable bonds is 8. The third-order valence-corrected chi connectivity index (χ3v) is 6.58. The van der Waals surface area contributed by atoms with Gasteiger partial charge in [0.1, 0.15) is 11.0 Å². The number of nitrogens with one attached hydrogen (secondary N) is 1. The second-order valence-corrected chi connectivity index (χ2v) is 8.86. The van der Waals surface area contributed by atoms with Crippen LogP contribution in [0.5, 0.6) is 0 Å². The van der Waals surface area contributed by atoms with Crippen LogP contribution < -0.4 is 11.1 Å². The monoisotopic (exact) mass is 421 g/mol. The van der Waals surface area contributed by atoms with Crippen LogP contribution in [-0.4, -0.2) is 32.9 Å². The normalized spacial score (nSPS) is 11.9. The van der Waals surface area contributed by atoms with Gasteiger partial charge in [0.25, 0.3) is 0 Å². The number of carbonyl (C=O) groups is 2. The van der Waals surface area contributed by atoms with Crippen LogP contribution in [0.15, 0.2) is 49.6 Å². The van der Waals surface area contributed by atoms with E-state index in [9.17, 15) is 9.59 Å². The van der Waals surface area contributed by atoms with Crippen LogP contribution in [0.3, 0.4) is 0 Å². The van der Waals surface area contributed by atoms with Gasteiger partial charge in [0.2, 0.25) is 11.8 Å². The van der Waals surface area contributed by atoms with Crippen molar-refractivity contribution in [2.75, 3.05) is 11.1 Å². The van der Waals surface area contributed by atoms with E-state index in [0.717, 1.165) is 5.56 Å². The van der Waals surface area contributed by atoms with Crippen LogP contribution in [0.25, 0.3) is 0 Å². The predicted octanol–water partition coefficient (Wildman–Crippen LogP) is 2.88. The molecular weight excluding hydrogens is 406 g/mol. The van der Waals surface area contributed by atoms with Gasteiger partial charge in [-0.25, -0.2) is 0 Å². The van der Waals surface area contributed by atoms with Crippen LogP contribution in [0, 0.1) is 6.92 Å². The van der Waals surface area contributed by atoms with E-state index in [4.69, 9.17) is 10.3 Å². The summed E-state index contributed by atoms with van der Waals surface area (Å²) in [6.07, 6.45) is 0. The Morgan fingerprint density at radius 3 is 2.67 bits per heavy atom. The molecule has 140 valence electrons. The number of thioether (sulfide) groups is 2. The molecule has 27 heavy (non-hydrogen) atoms. The van der Waals surface area contributed by atoms with Gasteiger partial charge in [-0.1, -0.05) is 70.3 Å². The third kappa shape index (κ3) is 5.55. The predicted molar refractivity (Wildman–Crippen MR) is 105 cm³/mol. The Morgan fingerprint density at radius 2 is 2.00 bits per heavy atom. The van der Waals surface area contributed by atoms with Crippen molar-refractivity contribution in [3.8, 4) is 0 Å². The molecule has 0 fully saturated rings. The lowest BCUT2D eigenvalue weighted by Crippen LogP contribution is -2.19. The largest absolute Gasteiger partial charge is 0.369 e. The maximum absolute atomic E-state index is 12.8. The Kier molecular flexibility index (Phi) is 6.48. The van der Waals surface area contributed by atoms with Crippen molar-refractivity contribution in [2.45, 2.75) is 20.9 Å². The van der Waals surface area contributed by atoms with Crippen molar-refractivity contribution in [2.24, 2.45) is 5.73 Å². The molecule has 3 aromatic rings. The van der Waals surface area contributed by atoms with Crippen LogP contribution >= 0.6 is 34.9 Å². The molecule has 11 heteroatoms. The highest BCUT2D eigenvalue weighted by Crippen LogP contribution is 2.39. The fourth-order valence-corrected chi connectivity index (χ4v) is 5.01. The summed E-state index contributed by atoms with van der Waals surface area (Å²) in [5, 5.41) is 14.1. The molecule has 0 saturated heterocycles. The summed E-state index contributed by atoms with van der Waals surface area (Å²) < 4.78 is 6.22. The van der Waals surface area contributed by atoms with E-state index in [-0.39, 0.29) is 11.7 Å². The van der Waals surface area contributed by atoms with Crippen LogP contribution in [-0.2, 0) is 9.59 Å². The van der Waals surface area contributed by atoms with Gasteiger partial charge < -0.3 is 15.6 Å². The molecule has 3 N–H and O–H groups in total. The van der Waals surface area contributed by atoms with E-state index in [1.165, 1.54) is 34.9 Å². The number of carbonyl (C=O) groups excluding carboxylic acids is 2. The molecule has 0 spiro atoms. The summed E-state index contributed by atoms with van der Waals surface area (Å²) in [5.74, 6) is 0.422. The fourth-order valence-electron chi connectivity index (χ4n) is 2.05. The number of hydrogen-bond acceptors (Lipinski definition) is 9. The van der Waals surface area contributed by atoms with Crippen LogP contribution in [0.1, 0.15) is 16.6 Å². The minimum Gasteiger partial charge on any atom is -0.369 e. The van der Waals surface area contributed by atoms with Gasteiger partial charge >= 0.3 is 0 Å². The van der Waals surface area contributed by atoms with Crippen molar-refractivity contribution >= 4 is 52.5 Å². The summed E-state index contributed by atoms with van der Waals surface area (Å²) in [6, 6.07) is 11.0. The quantitative estimate of drug-likeness (QED) is 0.532. The number of nitrogens with two attached hydrogens (primary N) is 1. The van der Waals surface area contributed by atoms with E-state index in [2.05, 4.69) is 20.7 Å². The molecule has 3 rings (SSSR count). The molecule has 8 nitrogen and oxygen atoms in total. The zero-order valence-electron chi connectivity index (χ0n) is 14.1. The smallest absolute Gasteiger partial charge is 0.243 e. The molecule has 2 aromatic heterocycles. The number of aromatic nitrogens is 3. The molecule has 0 bridgehead atoms. The van der Waals surface area contributed by atoms with Crippen molar-refractivity contribution in [3.05, 3.63) is 47.7 Å². The Morgan fingerprint density at radius 1 is 1.26 bits per heavy atom. The Balaban J connectivity index is 1.76. The van der Waals surface area contributed by atoms with Crippen LogP contribution in [0.2, 0.25) is 0 Å². The molecule has 1 atom stereocenters. The average molecular weight is 422 g/mol. The summed E-state index contributed by atoms with van der Waals surface area (Å²) >= 11 is 3.80. The lowest BCUT2D eigenvalue weighted by molar-refractivity contribution is -0.116. The van der Waals surface area contributed by atoms with Crippen LogP contribution in [0.4, 0.5) is 5.82 Å². The molecule has 1 aromatic carbocycles. The first kappa shape index (κ1) is 19.4. The topological polar surface area (TPSA) is 124 Å². The van der Waals surface area contributed by atoms with E-state index >= 15 is 0 Å². The minimum absolute atomic E-state index is 0.132. The standard InChI is InChI=1S/C16H15N5O3S3/c1-9-7-12(21-24-9)18-14(23)13(10-5-3-2-4-6-10)26-16-20-19-15(27-16)25-8-11(17)22/h2-7,13H,8H2,1H3,(H2,17,22)(H,18,21,23). The van der Waals surface area contributed by atoms with Gasteiger partial charge in [-0.15, -0.1) is 10.2 Å². The zero-order valence-corrected chi connectivity index (χ0v) is 16.6. The van der Waals surface area contributed by atoms with Gasteiger partial charge in [-0.3, -0.25) is 9.59 Å². The van der Waals surface area contributed by atoms with Gasteiger partial charge in [-0.05, 0) is 12.5 Å². The molecule has 2 heterocycles. The van der Waals surface area contributed by atoms with Gasteiger partial charge in [-0.2, -0.15) is 0 Å². The van der Waals surface area contributed by atoms with E-state index in [0.29, 0.717) is 20.3 Å². The zero-order chi connectivity index (χ0) is 19.2. The van der Waals surface area contributed by atoms with E-state index in [1.54, 1.807) is 13.0 Å². The lowest BCUT2D eigenvalue weighted by atomic mass is 10.1. The lowest BCUT2D eigenvalue weighted by Gasteiger charge is -2.14. The van der Waals surface area contributed by atoms with Crippen molar-refractivity contribution in [1.29, 1.82) is 0 Å². The number of primary amides is 1. The molecule has 0 aliphatic rings. The van der Waals surface area contributed by atoms with E-state index < -0.39 is 11.2 Å². The Labute approximate surface area is 167 Å². The first-order valence-corrected chi connectivity index (χ1v) is 10.4. The number of nitrogens with zero attached hydrogens (tertiary/aromatic N) is 3. The average Bonchev–Trinajstić information content (AvgIpc) is 3.27. The molecule has 1 unspecified atom stereocenters. The fraction of sp³-hybridized carbons (Fsp3) is 0.188. The highest BCUT2D eigenvalue weighted by molar-refractivity contribution is 8.04. The summed E-state index contributed by atoms with van der Waals surface area (Å²) in [7, 11) is 0. The second-order valence-electron chi connectivity index (χ2n) is 5.31. The Bertz CT molecular complexity index is 928. The molecule has 0 radical (unpaired) electrons. The molecule has 0 aliphatic heterocycles. The number of hydrogen-bond donors (Lipinski definition) is 2. The molecule has 0 aliphatic carbocycles. The molecular formula is C16H15N5O3S3. The maximum Gasteiger partial charge on any atom is 0.243 e. The SMILES string of the molecule is Cc1cc(NC(=O)C(Sc2nnc(SCC(N)=O)s2)c2ccccc2)no1. The number of benzene rings is 1. The van der Waals surface area contributed by atoms with Crippen molar-refractivity contribution in [1.82, 2.24) is 15.4 Å². The highest BCUT2D eigenvalue weighted by Gasteiger charge is 2.25. The summed E-state index contributed by atoms with van der Waals surface area (Å²) in [4.78, 5) is 23.7. The summed E-state index contributed by atoms with van der Waals surface area (Å²) in [5.41, 5.74) is 5.96. The maximum atomic E-state index is 12.8. The van der Waals surface area contributed by atoms with E-state index in [1.807, 2.05) is 30.3 Å². The first-order valence-electron chi connectivity index (χ1n) is 7.71. The van der Waals surface area contributed by atoms with Gasteiger partial charge in [0.05, 0.1) is 5.75 Å². The second kappa shape index (κ2) is 9.02. The number of aryl methyl sites for hydroxylation is 1. The third-order valence-electron chi connectivity index (χ3n) is 3.16. The van der Waals surface area contributed by atoms with Crippen molar-refractivity contribution < 1.29 is 14.1 Å². The summed E-state index contributed by atoms with van der Waals surface area (Å²) in [6.45, 7) is 1.75. The van der Waals surface area contributed by atoms with Crippen molar-refractivity contribution in [3.63, 3.8) is 0 Å². The highest BCUT2D eigenvalue weighted by atomic mass is 32.2. The molecule has 0 saturated carbocycles. The Hall–Kier alpha value is -2.37. The first-order chi connectivity index (χ1) is 13.0. The minimum atomic E-state index is -0.551. The van der Waals surface area contributed by atoms with Gasteiger partial charge in [0.15, 0.2) is 14.5 Å². The van der Waals surface area contributed by atoms with Gasteiger partial charge in [0, 0.05) is 6.07 Å².